The van der Waals surface area contributed by atoms with Gasteiger partial charge in [0.05, 0.1) is 17.9 Å². The average molecular weight is 343 g/mol. The molecule has 0 saturated heterocycles. The van der Waals surface area contributed by atoms with Crippen molar-refractivity contribution in [3.8, 4) is 0 Å². The van der Waals surface area contributed by atoms with Gasteiger partial charge in [0.15, 0.2) is 0 Å². The first-order valence-corrected chi connectivity index (χ1v) is 8.77. The summed E-state index contributed by atoms with van der Waals surface area (Å²) in [6.45, 7) is 6.48. The highest BCUT2D eigenvalue weighted by Crippen LogP contribution is 2.29. The molecule has 1 aliphatic heterocycles. The van der Waals surface area contributed by atoms with Gasteiger partial charge in [0.25, 0.3) is 0 Å². The third kappa shape index (κ3) is 3.34. The summed E-state index contributed by atoms with van der Waals surface area (Å²) in [4.78, 5) is 28.5. The van der Waals surface area contributed by atoms with Crippen LogP contribution in [0.5, 0.6) is 0 Å². The van der Waals surface area contributed by atoms with Crippen molar-refractivity contribution in [3.05, 3.63) is 45.6 Å². The van der Waals surface area contributed by atoms with Crippen LogP contribution in [-0.4, -0.2) is 24.9 Å². The summed E-state index contributed by atoms with van der Waals surface area (Å²) in [5.41, 5.74) is 2.65. The van der Waals surface area contributed by atoms with Gasteiger partial charge in [0.1, 0.15) is 6.54 Å². The van der Waals surface area contributed by atoms with Gasteiger partial charge >= 0.3 is 0 Å². The van der Waals surface area contributed by atoms with Crippen molar-refractivity contribution in [2.24, 2.45) is 0 Å². The Morgan fingerprint density at radius 3 is 2.83 bits per heavy atom. The van der Waals surface area contributed by atoms with E-state index < -0.39 is 0 Å². The standard InChI is InChI=1S/C18H21N3O2S/c1-11-8-14(13(3)24-11)12(2)19-9-18(23)21-10-17(22)20-15-6-4-5-7-16(15)21/h4-8,12,19H,9-10H2,1-3H3,(H,20,22)/t12-/m0/s1. The zero-order valence-corrected chi connectivity index (χ0v) is 14.9. The Morgan fingerprint density at radius 1 is 1.38 bits per heavy atom. The van der Waals surface area contributed by atoms with Crippen molar-refractivity contribution >= 4 is 34.5 Å². The first-order chi connectivity index (χ1) is 11.5. The quantitative estimate of drug-likeness (QED) is 0.897. The minimum Gasteiger partial charge on any atom is -0.323 e. The minimum atomic E-state index is -0.167. The smallest absolute Gasteiger partial charge is 0.244 e. The van der Waals surface area contributed by atoms with Crippen LogP contribution in [0.3, 0.4) is 0 Å². The topological polar surface area (TPSA) is 61.4 Å². The molecule has 1 aromatic carbocycles. The number of rotatable bonds is 4. The van der Waals surface area contributed by atoms with E-state index in [4.69, 9.17) is 0 Å². The molecule has 3 rings (SSSR count). The normalized spacial score (nSPS) is 15.0. The lowest BCUT2D eigenvalue weighted by Gasteiger charge is -2.29. The van der Waals surface area contributed by atoms with Crippen LogP contribution >= 0.6 is 11.3 Å². The highest BCUT2D eigenvalue weighted by molar-refractivity contribution is 7.12. The zero-order chi connectivity index (χ0) is 17.3. The highest BCUT2D eigenvalue weighted by atomic mass is 32.1. The van der Waals surface area contributed by atoms with Crippen LogP contribution < -0.4 is 15.5 Å². The number of aryl methyl sites for hydroxylation is 2. The molecule has 5 nitrogen and oxygen atoms in total. The van der Waals surface area contributed by atoms with E-state index in [9.17, 15) is 9.59 Å². The summed E-state index contributed by atoms with van der Waals surface area (Å²) in [5, 5.41) is 6.07. The van der Waals surface area contributed by atoms with E-state index in [1.807, 2.05) is 18.2 Å². The van der Waals surface area contributed by atoms with Gasteiger partial charge < -0.3 is 10.6 Å². The molecule has 0 aliphatic carbocycles. The van der Waals surface area contributed by atoms with Crippen LogP contribution in [0.2, 0.25) is 0 Å². The number of amides is 2. The summed E-state index contributed by atoms with van der Waals surface area (Å²) in [7, 11) is 0. The van der Waals surface area contributed by atoms with Gasteiger partial charge in [-0.25, -0.2) is 0 Å². The van der Waals surface area contributed by atoms with Crippen LogP contribution in [0.1, 0.15) is 28.3 Å². The van der Waals surface area contributed by atoms with Crippen LogP contribution in [-0.2, 0) is 9.59 Å². The molecule has 0 radical (unpaired) electrons. The third-order valence-corrected chi connectivity index (χ3v) is 5.16. The van der Waals surface area contributed by atoms with Crippen molar-refractivity contribution in [2.75, 3.05) is 23.3 Å². The molecule has 1 aliphatic rings. The number of carbonyl (C=O) groups is 2. The van der Waals surface area contributed by atoms with E-state index >= 15 is 0 Å². The summed E-state index contributed by atoms with van der Waals surface area (Å²) in [5.74, 6) is -0.270. The number of fused-ring (bicyclic) bond motifs is 1. The Balaban J connectivity index is 1.69. The van der Waals surface area contributed by atoms with E-state index in [0.717, 1.165) is 5.69 Å². The molecule has 2 amide bonds. The molecular formula is C18H21N3O2S. The summed E-state index contributed by atoms with van der Waals surface area (Å²) in [6, 6.07) is 9.61. The summed E-state index contributed by atoms with van der Waals surface area (Å²) < 4.78 is 0. The first kappa shape index (κ1) is 16.7. The molecule has 2 heterocycles. The van der Waals surface area contributed by atoms with Crippen LogP contribution in [0.4, 0.5) is 11.4 Å². The van der Waals surface area contributed by atoms with Gasteiger partial charge in [-0.1, -0.05) is 12.1 Å². The Hall–Kier alpha value is -2.18. The lowest BCUT2D eigenvalue weighted by atomic mass is 10.1. The molecule has 1 aromatic heterocycles. The SMILES string of the molecule is Cc1cc([C@H](C)NCC(=O)N2CC(=O)Nc3ccccc32)c(C)s1. The zero-order valence-electron chi connectivity index (χ0n) is 14.1. The van der Waals surface area contributed by atoms with Gasteiger partial charge in [-0.05, 0) is 44.5 Å². The second-order valence-corrected chi connectivity index (χ2v) is 7.48. The van der Waals surface area contributed by atoms with Gasteiger partial charge in [-0.2, -0.15) is 0 Å². The lowest BCUT2D eigenvalue weighted by Crippen LogP contribution is -2.46. The third-order valence-electron chi connectivity index (χ3n) is 4.18. The molecule has 0 fully saturated rings. The number of para-hydroxylation sites is 2. The molecule has 126 valence electrons. The van der Waals surface area contributed by atoms with Crippen LogP contribution in [0.25, 0.3) is 0 Å². The van der Waals surface area contributed by atoms with E-state index in [-0.39, 0.29) is 30.9 Å². The predicted octanol–water partition coefficient (Wildman–Crippen LogP) is 3.00. The number of carbonyl (C=O) groups excluding carboxylic acids is 2. The summed E-state index contributed by atoms with van der Waals surface area (Å²) in [6.07, 6.45) is 0. The van der Waals surface area contributed by atoms with Crippen LogP contribution in [0, 0.1) is 13.8 Å². The number of nitrogens with one attached hydrogen (secondary N) is 2. The maximum absolute atomic E-state index is 12.6. The van der Waals surface area contributed by atoms with Crippen molar-refractivity contribution < 1.29 is 9.59 Å². The number of hydrogen-bond donors (Lipinski definition) is 2. The molecule has 2 N–H and O–H groups in total. The van der Waals surface area contributed by atoms with E-state index in [1.54, 1.807) is 22.3 Å². The molecule has 6 heteroatoms. The molecule has 0 unspecified atom stereocenters. The second kappa shape index (κ2) is 6.75. The molecule has 2 aromatic rings. The maximum Gasteiger partial charge on any atom is 0.244 e. The molecule has 0 bridgehead atoms. The van der Waals surface area contributed by atoms with Crippen molar-refractivity contribution in [3.63, 3.8) is 0 Å². The fourth-order valence-electron chi connectivity index (χ4n) is 2.98. The highest BCUT2D eigenvalue weighted by Gasteiger charge is 2.26. The maximum atomic E-state index is 12.6. The Labute approximate surface area is 145 Å². The average Bonchev–Trinajstić information content (AvgIpc) is 2.90. The van der Waals surface area contributed by atoms with Crippen molar-refractivity contribution in [1.82, 2.24) is 5.32 Å². The Bertz CT molecular complexity index is 784. The number of anilines is 2. The van der Waals surface area contributed by atoms with Gasteiger partial charge in [0, 0.05) is 15.8 Å². The number of nitrogens with zero attached hydrogens (tertiary/aromatic N) is 1. The Morgan fingerprint density at radius 2 is 2.12 bits per heavy atom. The van der Waals surface area contributed by atoms with E-state index in [2.05, 4.69) is 37.5 Å². The number of benzene rings is 1. The first-order valence-electron chi connectivity index (χ1n) is 7.95. The van der Waals surface area contributed by atoms with Gasteiger partial charge in [-0.15, -0.1) is 11.3 Å². The Kier molecular flexibility index (Phi) is 4.69. The van der Waals surface area contributed by atoms with Gasteiger partial charge in [-0.3, -0.25) is 14.5 Å². The fraction of sp³-hybridized carbons (Fsp3) is 0.333. The molecular weight excluding hydrogens is 322 g/mol. The minimum absolute atomic E-state index is 0.0580. The number of hydrogen-bond acceptors (Lipinski definition) is 4. The van der Waals surface area contributed by atoms with Gasteiger partial charge in [0.2, 0.25) is 11.8 Å². The lowest BCUT2D eigenvalue weighted by molar-refractivity contribution is -0.121. The van der Waals surface area contributed by atoms with Crippen LogP contribution in [0.15, 0.2) is 30.3 Å². The second-order valence-electron chi connectivity index (χ2n) is 6.02. The molecule has 0 spiro atoms. The van der Waals surface area contributed by atoms with Crippen molar-refractivity contribution in [2.45, 2.75) is 26.8 Å². The fourth-order valence-corrected chi connectivity index (χ4v) is 4.00. The summed E-state index contributed by atoms with van der Waals surface area (Å²) >= 11 is 1.76. The number of thiophene rings is 1. The molecule has 1 atom stereocenters. The predicted molar refractivity (Wildman–Crippen MR) is 97.6 cm³/mol. The van der Waals surface area contributed by atoms with Crippen molar-refractivity contribution in [1.29, 1.82) is 0 Å². The monoisotopic (exact) mass is 343 g/mol. The van der Waals surface area contributed by atoms with E-state index in [1.165, 1.54) is 15.3 Å². The molecule has 24 heavy (non-hydrogen) atoms. The molecule has 0 saturated carbocycles. The van der Waals surface area contributed by atoms with E-state index in [0.29, 0.717) is 5.69 Å². The largest absolute Gasteiger partial charge is 0.323 e.